The van der Waals surface area contributed by atoms with E-state index < -0.39 is 0 Å². The number of anilines is 1. The minimum atomic E-state index is 0.365. The van der Waals surface area contributed by atoms with Gasteiger partial charge in [0.1, 0.15) is 10.4 Å². The Morgan fingerprint density at radius 2 is 2.43 bits per heavy atom. The number of hydrogen-bond donors (Lipinski definition) is 0. The summed E-state index contributed by atoms with van der Waals surface area (Å²) in [6.45, 7) is 2.01. The van der Waals surface area contributed by atoms with Crippen LogP contribution in [0.3, 0.4) is 0 Å². The minimum Gasteiger partial charge on any atom is -0.380 e. The quantitative estimate of drug-likeness (QED) is 0.805. The molecule has 1 aliphatic heterocycles. The Kier molecular flexibility index (Phi) is 2.78. The summed E-state index contributed by atoms with van der Waals surface area (Å²) >= 11 is 3.37. The molecule has 2 heterocycles. The highest BCUT2D eigenvalue weighted by atomic mass is 79.9. The van der Waals surface area contributed by atoms with Crippen molar-refractivity contribution in [3.63, 3.8) is 0 Å². The van der Waals surface area contributed by atoms with Crippen LogP contribution in [0.2, 0.25) is 0 Å². The van der Waals surface area contributed by atoms with Crippen LogP contribution in [-0.2, 0) is 11.8 Å². The molecule has 1 aromatic heterocycles. The molecule has 1 saturated heterocycles. The molecule has 0 amide bonds. The Hall–Kier alpha value is -0.550. The summed E-state index contributed by atoms with van der Waals surface area (Å²) in [5, 5.41) is 4.26. The van der Waals surface area contributed by atoms with Gasteiger partial charge in [0.2, 0.25) is 0 Å². The van der Waals surface area contributed by atoms with Gasteiger partial charge in [-0.05, 0) is 22.4 Å². The number of methoxy groups -OCH3 is 1. The zero-order valence-corrected chi connectivity index (χ0v) is 9.99. The van der Waals surface area contributed by atoms with E-state index in [9.17, 15) is 0 Å². The lowest BCUT2D eigenvalue weighted by Gasteiger charge is -2.17. The second-order valence-electron chi connectivity index (χ2n) is 3.54. The molecule has 0 saturated carbocycles. The van der Waals surface area contributed by atoms with Gasteiger partial charge in [-0.2, -0.15) is 5.10 Å². The molecule has 0 spiro atoms. The van der Waals surface area contributed by atoms with Gasteiger partial charge in [-0.3, -0.25) is 4.68 Å². The summed E-state index contributed by atoms with van der Waals surface area (Å²) in [6, 6.07) is 2.04. The van der Waals surface area contributed by atoms with E-state index in [-0.39, 0.29) is 0 Å². The van der Waals surface area contributed by atoms with Crippen LogP contribution in [0.15, 0.2) is 10.7 Å². The highest BCUT2D eigenvalue weighted by Gasteiger charge is 2.24. The summed E-state index contributed by atoms with van der Waals surface area (Å²) in [5.41, 5.74) is 0. The molecule has 0 bridgehead atoms. The zero-order valence-electron chi connectivity index (χ0n) is 8.40. The van der Waals surface area contributed by atoms with Gasteiger partial charge in [0.25, 0.3) is 0 Å². The van der Waals surface area contributed by atoms with E-state index in [1.807, 2.05) is 17.8 Å². The Balaban J connectivity index is 2.13. The number of aromatic nitrogens is 2. The van der Waals surface area contributed by atoms with Crippen LogP contribution in [0.25, 0.3) is 0 Å². The van der Waals surface area contributed by atoms with Crippen molar-refractivity contribution in [1.29, 1.82) is 0 Å². The van der Waals surface area contributed by atoms with Crippen molar-refractivity contribution >= 4 is 21.7 Å². The lowest BCUT2D eigenvalue weighted by atomic mass is 10.3. The molecule has 1 unspecified atom stereocenters. The largest absolute Gasteiger partial charge is 0.380 e. The predicted octanol–water partition coefficient (Wildman–Crippen LogP) is 1.41. The highest BCUT2D eigenvalue weighted by Crippen LogP contribution is 2.23. The maximum Gasteiger partial charge on any atom is 0.130 e. The molecule has 1 aromatic rings. The first-order valence-corrected chi connectivity index (χ1v) is 5.47. The molecule has 78 valence electrons. The van der Waals surface area contributed by atoms with Crippen molar-refractivity contribution in [1.82, 2.24) is 9.78 Å². The Bertz CT molecular complexity index is 326. The first kappa shape index (κ1) is 9.98. The molecule has 14 heavy (non-hydrogen) atoms. The molecule has 0 aliphatic carbocycles. The molecule has 1 fully saturated rings. The van der Waals surface area contributed by atoms with Crippen molar-refractivity contribution in [2.24, 2.45) is 7.05 Å². The Morgan fingerprint density at radius 3 is 2.93 bits per heavy atom. The van der Waals surface area contributed by atoms with Crippen LogP contribution in [0.4, 0.5) is 5.82 Å². The number of ether oxygens (including phenoxy) is 1. The fourth-order valence-corrected chi connectivity index (χ4v) is 2.29. The second-order valence-corrected chi connectivity index (χ2v) is 4.35. The van der Waals surface area contributed by atoms with Gasteiger partial charge in [0, 0.05) is 33.3 Å². The topological polar surface area (TPSA) is 30.3 Å². The SMILES string of the molecule is COC1CCN(c2cc(Br)nn2C)C1. The van der Waals surface area contributed by atoms with Gasteiger partial charge < -0.3 is 9.64 Å². The molecular weight excluding hydrogens is 246 g/mol. The smallest absolute Gasteiger partial charge is 0.130 e. The number of halogens is 1. The summed E-state index contributed by atoms with van der Waals surface area (Å²) in [5.74, 6) is 1.15. The van der Waals surface area contributed by atoms with Crippen molar-refractivity contribution < 1.29 is 4.74 Å². The molecule has 1 atom stereocenters. The van der Waals surface area contributed by atoms with Crippen LogP contribution >= 0.6 is 15.9 Å². The van der Waals surface area contributed by atoms with E-state index in [0.29, 0.717) is 6.10 Å². The normalized spacial score (nSPS) is 21.9. The van der Waals surface area contributed by atoms with Crippen molar-refractivity contribution in [3.05, 3.63) is 10.7 Å². The summed E-state index contributed by atoms with van der Waals surface area (Å²) < 4.78 is 8.10. The van der Waals surface area contributed by atoms with Gasteiger partial charge in [-0.15, -0.1) is 0 Å². The van der Waals surface area contributed by atoms with Crippen molar-refractivity contribution in [2.45, 2.75) is 12.5 Å². The van der Waals surface area contributed by atoms with E-state index in [1.165, 1.54) is 0 Å². The lowest BCUT2D eigenvalue weighted by Crippen LogP contribution is -2.24. The molecule has 1 aliphatic rings. The van der Waals surface area contributed by atoms with Gasteiger partial charge in [-0.1, -0.05) is 0 Å². The summed E-state index contributed by atoms with van der Waals surface area (Å²) in [4.78, 5) is 2.30. The molecule has 0 radical (unpaired) electrons. The first-order valence-electron chi connectivity index (χ1n) is 4.68. The average Bonchev–Trinajstić information content (AvgIpc) is 2.71. The van der Waals surface area contributed by atoms with E-state index in [4.69, 9.17) is 4.74 Å². The monoisotopic (exact) mass is 259 g/mol. The maximum atomic E-state index is 5.33. The molecule has 2 rings (SSSR count). The third-order valence-electron chi connectivity index (χ3n) is 2.63. The average molecular weight is 260 g/mol. The van der Waals surface area contributed by atoms with Crippen molar-refractivity contribution in [3.8, 4) is 0 Å². The van der Waals surface area contributed by atoms with Gasteiger partial charge >= 0.3 is 0 Å². The van der Waals surface area contributed by atoms with Gasteiger partial charge in [0.05, 0.1) is 6.10 Å². The Labute approximate surface area is 92.0 Å². The van der Waals surface area contributed by atoms with Gasteiger partial charge in [0.15, 0.2) is 0 Å². The molecular formula is C9H14BrN3O. The Morgan fingerprint density at radius 1 is 1.64 bits per heavy atom. The van der Waals surface area contributed by atoms with Crippen molar-refractivity contribution in [2.75, 3.05) is 25.1 Å². The van der Waals surface area contributed by atoms with E-state index in [0.717, 1.165) is 29.9 Å². The maximum absolute atomic E-state index is 5.33. The zero-order chi connectivity index (χ0) is 10.1. The van der Waals surface area contributed by atoms with Crippen LogP contribution < -0.4 is 4.90 Å². The fraction of sp³-hybridized carbons (Fsp3) is 0.667. The van der Waals surface area contributed by atoms with Crippen LogP contribution in [-0.4, -0.2) is 36.1 Å². The minimum absolute atomic E-state index is 0.365. The molecule has 0 aromatic carbocycles. The summed E-state index contributed by atoms with van der Waals surface area (Å²) in [6.07, 6.45) is 1.46. The number of rotatable bonds is 2. The standard InChI is InChI=1S/C9H14BrN3O/c1-12-9(5-8(10)11-12)13-4-3-7(6-13)14-2/h5,7H,3-4,6H2,1-2H3. The molecule has 0 N–H and O–H groups in total. The lowest BCUT2D eigenvalue weighted by molar-refractivity contribution is 0.121. The second kappa shape index (κ2) is 3.90. The van der Waals surface area contributed by atoms with Crippen LogP contribution in [0.5, 0.6) is 0 Å². The third kappa shape index (κ3) is 1.79. The van der Waals surface area contributed by atoms with Crippen LogP contribution in [0.1, 0.15) is 6.42 Å². The number of aryl methyl sites for hydroxylation is 1. The summed E-state index contributed by atoms with van der Waals surface area (Å²) in [7, 11) is 3.73. The molecule has 5 heteroatoms. The van der Waals surface area contributed by atoms with Gasteiger partial charge in [-0.25, -0.2) is 0 Å². The number of nitrogens with zero attached hydrogens (tertiary/aromatic N) is 3. The molecule has 4 nitrogen and oxygen atoms in total. The van der Waals surface area contributed by atoms with Crippen LogP contribution in [0, 0.1) is 0 Å². The predicted molar refractivity (Wildman–Crippen MR) is 58.5 cm³/mol. The van der Waals surface area contributed by atoms with E-state index >= 15 is 0 Å². The fourth-order valence-electron chi connectivity index (χ4n) is 1.85. The van der Waals surface area contributed by atoms with E-state index in [1.54, 1.807) is 7.11 Å². The highest BCUT2D eigenvalue weighted by molar-refractivity contribution is 9.10. The number of hydrogen-bond acceptors (Lipinski definition) is 3. The third-order valence-corrected chi connectivity index (χ3v) is 3.02. The van der Waals surface area contributed by atoms with E-state index in [2.05, 4.69) is 25.9 Å². The first-order chi connectivity index (χ1) is 6.70.